The Labute approximate surface area is 131 Å². The lowest BCUT2D eigenvalue weighted by Gasteiger charge is -2.27. The fraction of sp³-hybridized carbons (Fsp3) is 0.500. The van der Waals surface area contributed by atoms with Gasteiger partial charge in [-0.1, -0.05) is 24.6 Å². The van der Waals surface area contributed by atoms with Gasteiger partial charge < -0.3 is 10.2 Å². The number of anilines is 1. The first kappa shape index (κ1) is 17.5. The lowest BCUT2D eigenvalue weighted by Crippen LogP contribution is -2.42. The fourth-order valence-corrected chi connectivity index (χ4v) is 2.57. The second-order valence-electron chi connectivity index (χ2n) is 5.39. The van der Waals surface area contributed by atoms with E-state index < -0.39 is 0 Å². The van der Waals surface area contributed by atoms with E-state index >= 15 is 0 Å². The molecule has 1 aromatic rings. The summed E-state index contributed by atoms with van der Waals surface area (Å²) in [6.07, 6.45) is 0.803. The van der Waals surface area contributed by atoms with Crippen LogP contribution in [0.2, 0.25) is 5.02 Å². The summed E-state index contributed by atoms with van der Waals surface area (Å²) in [5.41, 5.74) is 2.56. The van der Waals surface area contributed by atoms with Crippen molar-refractivity contribution in [3.05, 3.63) is 28.3 Å². The second kappa shape index (κ2) is 7.46. The number of hydrogen-bond acceptors (Lipinski definition) is 2. The number of aryl methyl sites for hydroxylation is 2. The Balaban J connectivity index is 2.84. The largest absolute Gasteiger partial charge is 0.331 e. The average molecular weight is 311 g/mol. The van der Waals surface area contributed by atoms with Crippen LogP contribution in [0.1, 0.15) is 38.3 Å². The molecule has 0 spiro atoms. The Kier molecular flexibility index (Phi) is 6.21. The Bertz CT molecular complexity index is 520. The third-order valence-corrected chi connectivity index (χ3v) is 3.84. The van der Waals surface area contributed by atoms with Gasteiger partial charge in [-0.2, -0.15) is 0 Å². The molecule has 4 nitrogen and oxygen atoms in total. The van der Waals surface area contributed by atoms with Gasteiger partial charge in [0.1, 0.15) is 6.54 Å². The molecule has 1 atom stereocenters. The monoisotopic (exact) mass is 310 g/mol. The Morgan fingerprint density at radius 3 is 2.43 bits per heavy atom. The molecular formula is C16H23ClN2O2. The number of nitrogens with one attached hydrogen (secondary N) is 1. The molecule has 0 bridgehead atoms. The van der Waals surface area contributed by atoms with Crippen molar-refractivity contribution in [3.63, 3.8) is 0 Å². The van der Waals surface area contributed by atoms with E-state index in [9.17, 15) is 9.59 Å². The highest BCUT2D eigenvalue weighted by molar-refractivity contribution is 6.34. The highest BCUT2D eigenvalue weighted by atomic mass is 35.5. The predicted octanol–water partition coefficient (Wildman–Crippen LogP) is 3.54. The van der Waals surface area contributed by atoms with Gasteiger partial charge in [-0.3, -0.25) is 9.59 Å². The van der Waals surface area contributed by atoms with Crippen LogP contribution in [0.4, 0.5) is 5.69 Å². The number of hydrogen-bond donors (Lipinski definition) is 1. The van der Waals surface area contributed by atoms with Gasteiger partial charge in [0.15, 0.2) is 0 Å². The summed E-state index contributed by atoms with van der Waals surface area (Å²) in [6.45, 7) is 9.27. The molecular weight excluding hydrogens is 288 g/mol. The van der Waals surface area contributed by atoms with Crippen molar-refractivity contribution in [2.45, 2.75) is 47.1 Å². The number of carbonyl (C=O) groups is 2. The standard InChI is InChI=1S/C16H23ClN2O2/c1-6-12(4)19(13(5)20)9-15(21)18-16-11(3)7-10(2)8-14(16)17/h7-8,12H,6,9H2,1-5H3,(H,18,21). The average Bonchev–Trinajstić information content (AvgIpc) is 2.39. The van der Waals surface area contributed by atoms with Gasteiger partial charge in [-0.15, -0.1) is 0 Å². The zero-order valence-electron chi connectivity index (χ0n) is 13.3. The van der Waals surface area contributed by atoms with Crippen LogP contribution >= 0.6 is 11.6 Å². The summed E-state index contributed by atoms with van der Waals surface area (Å²) in [4.78, 5) is 25.4. The fourth-order valence-electron chi connectivity index (χ4n) is 2.21. The molecule has 0 radical (unpaired) electrons. The third-order valence-electron chi connectivity index (χ3n) is 3.54. The number of carbonyl (C=O) groups excluding carboxylic acids is 2. The lowest BCUT2D eigenvalue weighted by molar-refractivity contribution is -0.134. The van der Waals surface area contributed by atoms with Gasteiger partial charge in [0.25, 0.3) is 0 Å². The molecule has 1 unspecified atom stereocenters. The third kappa shape index (κ3) is 4.74. The van der Waals surface area contributed by atoms with Gasteiger partial charge in [0, 0.05) is 13.0 Å². The molecule has 0 aliphatic carbocycles. The van der Waals surface area contributed by atoms with Gasteiger partial charge in [-0.05, 0) is 44.4 Å². The van der Waals surface area contributed by atoms with Crippen molar-refractivity contribution in [2.24, 2.45) is 0 Å². The van der Waals surface area contributed by atoms with Crippen LogP contribution in [-0.2, 0) is 9.59 Å². The van der Waals surface area contributed by atoms with Crippen molar-refractivity contribution < 1.29 is 9.59 Å². The first-order valence-electron chi connectivity index (χ1n) is 7.10. The summed E-state index contributed by atoms with van der Waals surface area (Å²) in [5.74, 6) is -0.342. The van der Waals surface area contributed by atoms with E-state index in [1.165, 1.54) is 6.92 Å². The van der Waals surface area contributed by atoms with E-state index in [4.69, 9.17) is 11.6 Å². The van der Waals surface area contributed by atoms with Crippen molar-refractivity contribution >= 4 is 29.1 Å². The minimum atomic E-state index is -0.237. The van der Waals surface area contributed by atoms with Crippen molar-refractivity contribution in [1.29, 1.82) is 0 Å². The predicted molar refractivity (Wildman–Crippen MR) is 86.7 cm³/mol. The minimum absolute atomic E-state index is 0.0304. The molecule has 21 heavy (non-hydrogen) atoms. The molecule has 0 heterocycles. The van der Waals surface area contributed by atoms with E-state index in [2.05, 4.69) is 5.32 Å². The van der Waals surface area contributed by atoms with E-state index in [0.29, 0.717) is 10.7 Å². The van der Waals surface area contributed by atoms with Gasteiger partial charge in [-0.25, -0.2) is 0 Å². The summed E-state index contributed by atoms with van der Waals surface area (Å²) in [6, 6.07) is 3.79. The molecule has 0 aliphatic heterocycles. The molecule has 1 rings (SSSR count). The summed E-state index contributed by atoms with van der Waals surface area (Å²) >= 11 is 6.17. The summed E-state index contributed by atoms with van der Waals surface area (Å²) in [7, 11) is 0. The molecule has 0 saturated carbocycles. The number of halogens is 1. The molecule has 5 heteroatoms. The number of benzene rings is 1. The normalized spacial score (nSPS) is 11.9. The molecule has 116 valence electrons. The zero-order chi connectivity index (χ0) is 16.2. The number of nitrogens with zero attached hydrogens (tertiary/aromatic N) is 1. The SMILES string of the molecule is CCC(C)N(CC(=O)Nc1c(C)cc(C)cc1Cl)C(C)=O. The van der Waals surface area contributed by atoms with Crippen LogP contribution in [-0.4, -0.2) is 29.3 Å². The van der Waals surface area contributed by atoms with E-state index in [1.807, 2.05) is 39.8 Å². The molecule has 0 fully saturated rings. The van der Waals surface area contributed by atoms with Gasteiger partial charge in [0.2, 0.25) is 11.8 Å². The maximum absolute atomic E-state index is 12.2. The smallest absolute Gasteiger partial charge is 0.244 e. The summed E-state index contributed by atoms with van der Waals surface area (Å²) in [5, 5.41) is 3.32. The molecule has 1 N–H and O–H groups in total. The van der Waals surface area contributed by atoms with E-state index in [0.717, 1.165) is 17.5 Å². The highest BCUT2D eigenvalue weighted by Crippen LogP contribution is 2.27. The number of rotatable bonds is 5. The maximum atomic E-state index is 12.2. The Morgan fingerprint density at radius 1 is 1.33 bits per heavy atom. The number of amides is 2. The lowest BCUT2D eigenvalue weighted by atomic mass is 10.1. The van der Waals surface area contributed by atoms with Crippen LogP contribution in [0.15, 0.2) is 12.1 Å². The second-order valence-corrected chi connectivity index (χ2v) is 5.80. The zero-order valence-corrected chi connectivity index (χ0v) is 14.0. The first-order chi connectivity index (χ1) is 9.76. The van der Waals surface area contributed by atoms with Crippen LogP contribution < -0.4 is 5.32 Å². The molecule has 0 aromatic heterocycles. The van der Waals surface area contributed by atoms with Crippen molar-refractivity contribution in [3.8, 4) is 0 Å². The molecule has 0 saturated heterocycles. The summed E-state index contributed by atoms with van der Waals surface area (Å²) < 4.78 is 0. The topological polar surface area (TPSA) is 49.4 Å². The Hall–Kier alpha value is -1.55. The highest BCUT2D eigenvalue weighted by Gasteiger charge is 2.19. The maximum Gasteiger partial charge on any atom is 0.244 e. The van der Waals surface area contributed by atoms with Crippen molar-refractivity contribution in [1.82, 2.24) is 4.90 Å². The molecule has 0 aliphatic rings. The van der Waals surface area contributed by atoms with E-state index in [-0.39, 0.29) is 24.4 Å². The molecule has 1 aromatic carbocycles. The van der Waals surface area contributed by atoms with Crippen molar-refractivity contribution in [2.75, 3.05) is 11.9 Å². The quantitative estimate of drug-likeness (QED) is 0.904. The van der Waals surface area contributed by atoms with Crippen LogP contribution in [0, 0.1) is 13.8 Å². The molecule has 2 amide bonds. The van der Waals surface area contributed by atoms with Crippen LogP contribution in [0.5, 0.6) is 0 Å². The van der Waals surface area contributed by atoms with Gasteiger partial charge in [0.05, 0.1) is 10.7 Å². The minimum Gasteiger partial charge on any atom is -0.331 e. The Morgan fingerprint density at radius 2 is 1.95 bits per heavy atom. The van der Waals surface area contributed by atoms with E-state index in [1.54, 1.807) is 4.90 Å². The first-order valence-corrected chi connectivity index (χ1v) is 7.47. The van der Waals surface area contributed by atoms with Crippen LogP contribution in [0.3, 0.4) is 0 Å². The van der Waals surface area contributed by atoms with Gasteiger partial charge >= 0.3 is 0 Å². The van der Waals surface area contributed by atoms with Crippen LogP contribution in [0.25, 0.3) is 0 Å².